The fraction of sp³-hybridized carbons (Fsp3) is 0.417. The van der Waals surface area contributed by atoms with E-state index in [1.807, 2.05) is 20.8 Å². The molecule has 0 atom stereocenters. The van der Waals surface area contributed by atoms with Crippen molar-refractivity contribution in [3.8, 4) is 0 Å². The zero-order valence-corrected chi connectivity index (χ0v) is 20.4. The molecule has 1 aromatic carbocycles. The first-order chi connectivity index (χ1) is 16.1. The highest BCUT2D eigenvalue weighted by molar-refractivity contribution is 7.93. The Labute approximate surface area is 199 Å². The topological polar surface area (TPSA) is 130 Å². The number of fused-ring (bicyclic) bond motifs is 1. The van der Waals surface area contributed by atoms with Crippen LogP contribution in [0.1, 0.15) is 46.5 Å². The number of amides is 1. The molecule has 0 saturated heterocycles. The van der Waals surface area contributed by atoms with Gasteiger partial charge in [0.1, 0.15) is 11.2 Å². The largest absolute Gasteiger partial charge is 0.444 e. The fourth-order valence-electron chi connectivity index (χ4n) is 4.39. The lowest BCUT2D eigenvalue weighted by atomic mass is 9.91. The van der Waals surface area contributed by atoms with Gasteiger partial charge in [-0.2, -0.15) is 0 Å². The van der Waals surface area contributed by atoms with Gasteiger partial charge in [-0.1, -0.05) is 18.2 Å². The van der Waals surface area contributed by atoms with Crippen LogP contribution in [0.3, 0.4) is 0 Å². The second-order valence-corrected chi connectivity index (χ2v) is 11.4. The summed E-state index contributed by atoms with van der Waals surface area (Å²) in [4.78, 5) is 19.7. The van der Waals surface area contributed by atoms with E-state index in [1.54, 1.807) is 42.6 Å². The number of alkyl carbamates (subject to hydrolysis) is 1. The van der Waals surface area contributed by atoms with Gasteiger partial charge in [0, 0.05) is 23.7 Å². The van der Waals surface area contributed by atoms with E-state index in [0.717, 1.165) is 0 Å². The number of nitrogens with two attached hydrogens (primary N) is 1. The SMILES string of the molecule is CC(C)(C)OC(=O)NC1CCC(N(c2c(N)cnc3[nH]ccc23)S(=O)(=O)c2ccccc2)CC1. The number of rotatable bonds is 5. The molecule has 0 aliphatic heterocycles. The predicted octanol–water partition coefficient (Wildman–Crippen LogP) is 4.18. The average Bonchev–Trinajstić information content (AvgIpc) is 3.25. The third kappa shape index (κ3) is 4.96. The van der Waals surface area contributed by atoms with Gasteiger partial charge in [0.05, 0.1) is 22.5 Å². The van der Waals surface area contributed by atoms with E-state index < -0.39 is 21.7 Å². The number of hydrogen-bond donors (Lipinski definition) is 3. The Morgan fingerprint density at radius 2 is 1.82 bits per heavy atom. The molecule has 1 amide bonds. The number of anilines is 2. The molecule has 2 aromatic heterocycles. The van der Waals surface area contributed by atoms with Gasteiger partial charge in [-0.3, -0.25) is 4.31 Å². The second-order valence-electron chi connectivity index (χ2n) is 9.57. The number of benzene rings is 1. The van der Waals surface area contributed by atoms with Crippen molar-refractivity contribution in [1.29, 1.82) is 0 Å². The van der Waals surface area contributed by atoms with Crippen molar-refractivity contribution in [1.82, 2.24) is 15.3 Å². The molecule has 4 rings (SSSR count). The Kier molecular flexibility index (Phi) is 6.44. The number of ether oxygens (including phenoxy) is 1. The molecule has 182 valence electrons. The summed E-state index contributed by atoms with van der Waals surface area (Å²) in [6.45, 7) is 5.45. The van der Waals surface area contributed by atoms with Crippen LogP contribution in [0.2, 0.25) is 0 Å². The summed E-state index contributed by atoms with van der Waals surface area (Å²) >= 11 is 0. The van der Waals surface area contributed by atoms with Crippen molar-refractivity contribution in [2.75, 3.05) is 10.0 Å². The van der Waals surface area contributed by atoms with Crippen LogP contribution in [0.25, 0.3) is 11.0 Å². The van der Waals surface area contributed by atoms with Gasteiger partial charge in [0.25, 0.3) is 10.0 Å². The van der Waals surface area contributed by atoms with E-state index in [1.165, 1.54) is 10.5 Å². The second kappa shape index (κ2) is 9.17. The summed E-state index contributed by atoms with van der Waals surface area (Å²) in [5.74, 6) is 0. The zero-order chi connectivity index (χ0) is 24.5. The van der Waals surface area contributed by atoms with Gasteiger partial charge < -0.3 is 20.8 Å². The molecular formula is C24H31N5O4S. The first-order valence-electron chi connectivity index (χ1n) is 11.4. The van der Waals surface area contributed by atoms with E-state index in [-0.39, 0.29) is 17.0 Å². The molecule has 9 nitrogen and oxygen atoms in total. The molecule has 1 saturated carbocycles. The van der Waals surface area contributed by atoms with Gasteiger partial charge >= 0.3 is 6.09 Å². The normalized spacial score (nSPS) is 19.0. The molecule has 34 heavy (non-hydrogen) atoms. The highest BCUT2D eigenvalue weighted by Gasteiger charge is 2.37. The Bertz CT molecular complexity index is 1260. The van der Waals surface area contributed by atoms with E-state index in [0.29, 0.717) is 48.1 Å². The van der Waals surface area contributed by atoms with Crippen molar-refractivity contribution >= 4 is 38.5 Å². The lowest BCUT2D eigenvalue weighted by molar-refractivity contribution is 0.0491. The maximum atomic E-state index is 13.9. The van der Waals surface area contributed by atoms with Gasteiger partial charge in [0.15, 0.2) is 0 Å². The minimum Gasteiger partial charge on any atom is -0.444 e. The smallest absolute Gasteiger partial charge is 0.407 e. The van der Waals surface area contributed by atoms with Crippen LogP contribution in [0.4, 0.5) is 16.2 Å². The molecule has 0 radical (unpaired) electrons. The molecule has 3 aromatic rings. The number of H-pyrrole nitrogens is 1. The summed E-state index contributed by atoms with van der Waals surface area (Å²) in [7, 11) is -3.91. The maximum absolute atomic E-state index is 13.9. The Hall–Kier alpha value is -3.27. The standard InChI is InChI=1S/C24H31N5O4S/c1-24(2,3)33-23(30)28-16-9-11-17(12-10-16)29(34(31,32)18-7-5-4-6-8-18)21-19-13-14-26-22(19)27-15-20(21)25/h4-8,13-17H,9-12,25H2,1-3H3,(H,26,27)(H,28,30). The van der Waals surface area contributed by atoms with E-state index in [9.17, 15) is 13.2 Å². The molecule has 0 bridgehead atoms. The van der Waals surface area contributed by atoms with Crippen LogP contribution in [0.15, 0.2) is 53.7 Å². The number of pyridine rings is 1. The third-order valence-electron chi connectivity index (χ3n) is 5.86. The number of nitrogens with zero attached hydrogens (tertiary/aromatic N) is 2. The van der Waals surface area contributed by atoms with Crippen LogP contribution < -0.4 is 15.4 Å². The van der Waals surface area contributed by atoms with Crippen LogP contribution in [-0.2, 0) is 14.8 Å². The summed E-state index contributed by atoms with van der Waals surface area (Å²) in [5.41, 5.74) is 7.03. The Balaban J connectivity index is 1.65. The summed E-state index contributed by atoms with van der Waals surface area (Å²) in [6.07, 6.45) is 5.09. The van der Waals surface area contributed by atoms with Crippen LogP contribution in [-0.4, -0.2) is 42.2 Å². The van der Waals surface area contributed by atoms with Crippen molar-refractivity contribution in [3.63, 3.8) is 0 Å². The Morgan fingerprint density at radius 1 is 1.15 bits per heavy atom. The van der Waals surface area contributed by atoms with Crippen molar-refractivity contribution in [2.24, 2.45) is 0 Å². The molecule has 2 heterocycles. The minimum absolute atomic E-state index is 0.0885. The van der Waals surface area contributed by atoms with Gasteiger partial charge in [-0.05, 0) is 64.7 Å². The van der Waals surface area contributed by atoms with Gasteiger partial charge in [-0.25, -0.2) is 18.2 Å². The van der Waals surface area contributed by atoms with Crippen LogP contribution in [0.5, 0.6) is 0 Å². The lowest BCUT2D eigenvalue weighted by Gasteiger charge is -2.38. The minimum atomic E-state index is -3.91. The third-order valence-corrected chi connectivity index (χ3v) is 7.72. The maximum Gasteiger partial charge on any atom is 0.407 e. The van der Waals surface area contributed by atoms with Crippen LogP contribution in [0, 0.1) is 0 Å². The molecule has 1 aliphatic carbocycles. The number of aromatic amines is 1. The molecule has 1 aliphatic rings. The number of carbonyl (C=O) groups is 1. The number of hydrogen-bond acceptors (Lipinski definition) is 6. The fourth-order valence-corrected chi connectivity index (χ4v) is 6.16. The number of nitrogen functional groups attached to an aromatic ring is 1. The lowest BCUT2D eigenvalue weighted by Crippen LogP contribution is -2.47. The number of nitrogens with one attached hydrogen (secondary N) is 2. The van der Waals surface area contributed by atoms with Gasteiger partial charge in [-0.15, -0.1) is 0 Å². The highest BCUT2D eigenvalue weighted by atomic mass is 32.2. The van der Waals surface area contributed by atoms with E-state index in [2.05, 4.69) is 15.3 Å². The van der Waals surface area contributed by atoms with Crippen LogP contribution >= 0.6 is 0 Å². The summed E-state index contributed by atoms with van der Waals surface area (Å²) in [5, 5.41) is 3.56. The molecule has 10 heteroatoms. The predicted molar refractivity (Wildman–Crippen MR) is 132 cm³/mol. The first kappa shape index (κ1) is 23.9. The van der Waals surface area contributed by atoms with Crippen molar-refractivity contribution in [3.05, 3.63) is 48.8 Å². The first-order valence-corrected chi connectivity index (χ1v) is 12.8. The molecular weight excluding hydrogens is 454 g/mol. The summed E-state index contributed by atoms with van der Waals surface area (Å²) < 4.78 is 34.7. The summed E-state index contributed by atoms with van der Waals surface area (Å²) in [6, 6.07) is 9.73. The molecule has 0 unspecified atom stereocenters. The Morgan fingerprint density at radius 3 is 2.47 bits per heavy atom. The average molecular weight is 486 g/mol. The number of carbonyl (C=O) groups excluding carboxylic acids is 1. The van der Waals surface area contributed by atoms with E-state index in [4.69, 9.17) is 10.5 Å². The van der Waals surface area contributed by atoms with Crippen molar-refractivity contribution in [2.45, 2.75) is 69.0 Å². The monoisotopic (exact) mass is 485 g/mol. The van der Waals surface area contributed by atoms with Gasteiger partial charge in [0.2, 0.25) is 0 Å². The highest BCUT2D eigenvalue weighted by Crippen LogP contribution is 2.39. The molecule has 1 fully saturated rings. The zero-order valence-electron chi connectivity index (χ0n) is 19.6. The number of sulfonamides is 1. The quantitative estimate of drug-likeness (QED) is 0.497. The van der Waals surface area contributed by atoms with E-state index >= 15 is 0 Å². The molecule has 4 N–H and O–H groups in total. The van der Waals surface area contributed by atoms with Crippen molar-refractivity contribution < 1.29 is 17.9 Å². The number of aromatic nitrogens is 2. The molecule has 0 spiro atoms.